The first-order valence-electron chi connectivity index (χ1n) is 4.36. The lowest BCUT2D eigenvalue weighted by Gasteiger charge is -2.19. The van der Waals surface area contributed by atoms with Crippen molar-refractivity contribution in [1.82, 2.24) is 0 Å². The number of hydrogen-bond acceptors (Lipinski definition) is 3. The molecule has 0 saturated heterocycles. The minimum absolute atomic E-state index is 0.0447. The van der Waals surface area contributed by atoms with Crippen molar-refractivity contribution >= 4 is 45.0 Å². The minimum atomic E-state index is -0.404. The number of nitrogens with zero attached hydrogens (tertiary/aromatic N) is 1. The van der Waals surface area contributed by atoms with Crippen molar-refractivity contribution in [3.8, 4) is 0 Å². The summed E-state index contributed by atoms with van der Waals surface area (Å²) in [7, 11) is 0. The summed E-state index contributed by atoms with van der Waals surface area (Å²) in [5.74, 6) is 0. The number of aryl methyl sites for hydroxylation is 1. The average Bonchev–Trinajstić information content (AvgIpc) is 2.16. The van der Waals surface area contributed by atoms with E-state index in [2.05, 4.69) is 15.9 Å². The molecule has 15 heavy (non-hydrogen) atoms. The van der Waals surface area contributed by atoms with Crippen molar-refractivity contribution in [3.05, 3.63) is 32.8 Å². The van der Waals surface area contributed by atoms with Gasteiger partial charge in [-0.3, -0.25) is 10.1 Å². The van der Waals surface area contributed by atoms with E-state index in [0.29, 0.717) is 4.90 Å². The van der Waals surface area contributed by atoms with Crippen LogP contribution in [0.3, 0.4) is 0 Å². The van der Waals surface area contributed by atoms with Crippen LogP contribution in [0.4, 0.5) is 5.69 Å². The van der Waals surface area contributed by atoms with Crippen molar-refractivity contribution < 1.29 is 4.92 Å². The molecule has 0 bridgehead atoms. The molecule has 1 atom stereocenters. The summed E-state index contributed by atoms with van der Waals surface area (Å²) < 4.78 is 0.238. The van der Waals surface area contributed by atoms with E-state index in [4.69, 9.17) is 11.6 Å². The lowest BCUT2D eigenvalue weighted by molar-refractivity contribution is -0.387. The monoisotopic (exact) mass is 307 g/mol. The number of rotatable bonds is 1. The van der Waals surface area contributed by atoms with Crippen LogP contribution in [0.25, 0.3) is 0 Å². The molecule has 1 unspecified atom stereocenters. The Morgan fingerprint density at radius 3 is 3.00 bits per heavy atom. The van der Waals surface area contributed by atoms with Crippen LogP contribution in [-0.2, 0) is 6.42 Å². The molecule has 1 heterocycles. The Labute approximate surface area is 104 Å². The molecule has 1 aliphatic heterocycles. The second kappa shape index (κ2) is 4.31. The Morgan fingerprint density at radius 1 is 1.60 bits per heavy atom. The van der Waals surface area contributed by atoms with Gasteiger partial charge in [0.2, 0.25) is 0 Å². The van der Waals surface area contributed by atoms with Crippen molar-refractivity contribution in [2.75, 3.05) is 0 Å². The number of hydrogen-bond donors (Lipinski definition) is 0. The normalized spacial score (nSPS) is 19.7. The first-order valence-corrected chi connectivity index (χ1v) is 6.53. The number of thioether (sulfide) groups is 1. The maximum Gasteiger partial charge on any atom is 0.301 e. The van der Waals surface area contributed by atoms with E-state index in [1.807, 2.05) is 6.07 Å². The van der Waals surface area contributed by atoms with Crippen LogP contribution in [0.5, 0.6) is 0 Å². The van der Waals surface area contributed by atoms with E-state index in [0.717, 1.165) is 18.4 Å². The predicted molar refractivity (Wildman–Crippen MR) is 65.0 cm³/mol. The van der Waals surface area contributed by atoms with E-state index in [9.17, 15) is 10.1 Å². The van der Waals surface area contributed by atoms with Crippen LogP contribution in [0.1, 0.15) is 12.0 Å². The fourth-order valence-corrected chi connectivity index (χ4v) is 3.72. The molecule has 0 amide bonds. The van der Waals surface area contributed by atoms with Gasteiger partial charge < -0.3 is 0 Å². The van der Waals surface area contributed by atoms with Crippen molar-refractivity contribution in [3.63, 3.8) is 0 Å². The maximum absolute atomic E-state index is 10.9. The first kappa shape index (κ1) is 11.2. The summed E-state index contributed by atoms with van der Waals surface area (Å²) >= 11 is 10.8. The zero-order valence-electron chi connectivity index (χ0n) is 7.57. The lowest BCUT2D eigenvalue weighted by Crippen LogP contribution is -2.06. The molecule has 0 aromatic heterocycles. The SMILES string of the molecule is O=[N+]([O-])c1c(Cl)ccc2c1SC(Br)CC2. The number of fused-ring (bicyclic) bond motifs is 1. The second-order valence-corrected chi connectivity index (χ2v) is 6.54. The maximum atomic E-state index is 10.9. The molecule has 2 rings (SSSR count). The van der Waals surface area contributed by atoms with Gasteiger partial charge in [0.15, 0.2) is 0 Å². The lowest BCUT2D eigenvalue weighted by atomic mass is 10.1. The van der Waals surface area contributed by atoms with Gasteiger partial charge in [0, 0.05) is 0 Å². The summed E-state index contributed by atoms with van der Waals surface area (Å²) in [5, 5.41) is 11.1. The molecule has 1 aromatic carbocycles. The van der Waals surface area contributed by atoms with E-state index in [1.165, 1.54) is 11.8 Å². The first-order chi connectivity index (χ1) is 7.09. The molecule has 0 aliphatic carbocycles. The number of halogens is 2. The smallest absolute Gasteiger partial charge is 0.258 e. The van der Waals surface area contributed by atoms with Gasteiger partial charge >= 0.3 is 5.69 Å². The molecule has 0 spiro atoms. The third-order valence-electron chi connectivity index (χ3n) is 2.23. The molecule has 6 heteroatoms. The highest BCUT2D eigenvalue weighted by atomic mass is 79.9. The number of nitro benzene ring substituents is 1. The molecular weight excluding hydrogens is 302 g/mol. The van der Waals surface area contributed by atoms with Crippen LogP contribution < -0.4 is 0 Å². The Morgan fingerprint density at radius 2 is 2.33 bits per heavy atom. The Balaban J connectivity index is 2.57. The Kier molecular flexibility index (Phi) is 3.23. The molecule has 0 radical (unpaired) electrons. The van der Waals surface area contributed by atoms with Crippen molar-refractivity contribution in [2.24, 2.45) is 0 Å². The van der Waals surface area contributed by atoms with Gasteiger partial charge in [0.1, 0.15) is 5.02 Å². The summed E-state index contributed by atoms with van der Waals surface area (Å²) in [4.78, 5) is 11.2. The minimum Gasteiger partial charge on any atom is -0.258 e. The van der Waals surface area contributed by atoms with Crippen LogP contribution in [0.15, 0.2) is 17.0 Å². The number of benzene rings is 1. The largest absolute Gasteiger partial charge is 0.301 e. The zero-order chi connectivity index (χ0) is 11.0. The van der Waals surface area contributed by atoms with Crippen molar-refractivity contribution in [2.45, 2.75) is 21.9 Å². The molecule has 80 valence electrons. The summed E-state index contributed by atoms with van der Waals surface area (Å²) in [6.45, 7) is 0. The zero-order valence-corrected chi connectivity index (χ0v) is 10.7. The van der Waals surface area contributed by atoms with Gasteiger partial charge in [-0.2, -0.15) is 0 Å². The van der Waals surface area contributed by atoms with Gasteiger partial charge in [-0.1, -0.05) is 33.6 Å². The van der Waals surface area contributed by atoms with Gasteiger partial charge in [-0.05, 0) is 24.5 Å². The second-order valence-electron chi connectivity index (χ2n) is 3.21. The molecule has 0 N–H and O–H groups in total. The molecule has 0 fully saturated rings. The number of nitro groups is 1. The van der Waals surface area contributed by atoms with Crippen LogP contribution in [-0.4, -0.2) is 9.08 Å². The molecule has 3 nitrogen and oxygen atoms in total. The third-order valence-corrected chi connectivity index (χ3v) is 4.74. The van der Waals surface area contributed by atoms with Crippen LogP contribution in [0.2, 0.25) is 5.02 Å². The van der Waals surface area contributed by atoms with E-state index < -0.39 is 4.92 Å². The topological polar surface area (TPSA) is 43.1 Å². The van der Waals surface area contributed by atoms with Crippen LogP contribution >= 0.6 is 39.3 Å². The molecule has 1 aliphatic rings. The van der Waals surface area contributed by atoms with Gasteiger partial charge in [-0.25, -0.2) is 0 Å². The van der Waals surface area contributed by atoms with Gasteiger partial charge in [0.05, 0.1) is 14.0 Å². The summed E-state index contributed by atoms with van der Waals surface area (Å²) in [5.41, 5.74) is 1.06. The van der Waals surface area contributed by atoms with Crippen LogP contribution in [0, 0.1) is 10.1 Å². The van der Waals surface area contributed by atoms with Gasteiger partial charge in [0.25, 0.3) is 0 Å². The summed E-state index contributed by atoms with van der Waals surface area (Å²) in [6, 6.07) is 3.48. The highest BCUT2D eigenvalue weighted by molar-refractivity contribution is 9.11. The standard InChI is InChI=1S/C9H7BrClNO2S/c10-7-4-2-5-1-3-6(11)8(12(13)14)9(5)15-7/h1,3,7H,2,4H2. The summed E-state index contributed by atoms with van der Waals surface area (Å²) in [6.07, 6.45) is 1.84. The fourth-order valence-electron chi connectivity index (χ4n) is 1.54. The quantitative estimate of drug-likeness (QED) is 0.447. The average molecular weight is 309 g/mol. The Hall–Kier alpha value is -0.260. The Bertz CT molecular complexity index is 427. The van der Waals surface area contributed by atoms with E-state index in [-0.39, 0.29) is 14.9 Å². The predicted octanol–water partition coefficient (Wildman–Crippen LogP) is 4.01. The molecular formula is C9H7BrClNO2S. The molecule has 0 saturated carbocycles. The fraction of sp³-hybridized carbons (Fsp3) is 0.333. The van der Waals surface area contributed by atoms with E-state index >= 15 is 0 Å². The van der Waals surface area contributed by atoms with E-state index in [1.54, 1.807) is 6.07 Å². The third kappa shape index (κ3) is 2.14. The highest BCUT2D eigenvalue weighted by Crippen LogP contribution is 2.45. The number of alkyl halides is 1. The van der Waals surface area contributed by atoms with Crippen molar-refractivity contribution in [1.29, 1.82) is 0 Å². The molecule has 1 aromatic rings. The van der Waals surface area contributed by atoms with Gasteiger partial charge in [-0.15, -0.1) is 11.8 Å². The highest BCUT2D eigenvalue weighted by Gasteiger charge is 2.27.